The zero-order valence-electron chi connectivity index (χ0n) is 16.2. The van der Waals surface area contributed by atoms with Crippen LogP contribution in [0.1, 0.15) is 5.56 Å². The molecule has 5 nitrogen and oxygen atoms in total. The number of benzene rings is 3. The molecule has 3 aromatic rings. The molecule has 29 heavy (non-hydrogen) atoms. The molecule has 0 aliphatic rings. The lowest BCUT2D eigenvalue weighted by Crippen LogP contribution is -2.38. The molecule has 0 unspecified atom stereocenters. The highest BCUT2D eigenvalue weighted by molar-refractivity contribution is 7.98. The summed E-state index contributed by atoms with van der Waals surface area (Å²) >= 11 is 1.57. The number of rotatable bonds is 7. The first-order chi connectivity index (χ1) is 13.9. The van der Waals surface area contributed by atoms with E-state index in [1.807, 2.05) is 43.5 Å². The molecule has 0 spiro atoms. The Labute approximate surface area is 175 Å². The van der Waals surface area contributed by atoms with Crippen LogP contribution in [0.3, 0.4) is 0 Å². The van der Waals surface area contributed by atoms with Crippen LogP contribution in [-0.4, -0.2) is 27.1 Å². The van der Waals surface area contributed by atoms with E-state index < -0.39 is 15.9 Å². The second kappa shape index (κ2) is 9.15. The first-order valence-corrected chi connectivity index (χ1v) is 11.6. The van der Waals surface area contributed by atoms with Gasteiger partial charge >= 0.3 is 0 Å². The van der Waals surface area contributed by atoms with E-state index >= 15 is 0 Å². The number of aryl methyl sites for hydroxylation is 1. The van der Waals surface area contributed by atoms with Gasteiger partial charge in [0, 0.05) is 10.6 Å². The summed E-state index contributed by atoms with van der Waals surface area (Å²) in [6.07, 6.45) is 1.95. The van der Waals surface area contributed by atoms with Crippen molar-refractivity contribution in [2.45, 2.75) is 16.7 Å². The number of hydrogen-bond acceptors (Lipinski definition) is 4. The molecule has 3 aromatic carbocycles. The summed E-state index contributed by atoms with van der Waals surface area (Å²) in [5, 5.41) is 2.79. The zero-order valence-corrected chi connectivity index (χ0v) is 17.8. The standard InChI is InChI=1S/C22H22N2O3S2/c1-17-11-13-19(14-12-17)24(29(26,27)21-9-4-3-5-10-21)16-22(25)23-18-7-6-8-20(15-18)28-2/h3-15H,16H2,1-2H3,(H,23,25). The average Bonchev–Trinajstić information content (AvgIpc) is 2.73. The van der Waals surface area contributed by atoms with E-state index in [-0.39, 0.29) is 11.4 Å². The van der Waals surface area contributed by atoms with Crippen molar-refractivity contribution in [3.63, 3.8) is 0 Å². The third kappa shape index (κ3) is 5.19. The van der Waals surface area contributed by atoms with E-state index in [0.717, 1.165) is 14.8 Å². The van der Waals surface area contributed by atoms with Crippen molar-refractivity contribution in [2.24, 2.45) is 0 Å². The molecule has 7 heteroatoms. The molecule has 0 saturated carbocycles. The van der Waals surface area contributed by atoms with Crippen molar-refractivity contribution in [1.82, 2.24) is 0 Å². The Balaban J connectivity index is 1.91. The van der Waals surface area contributed by atoms with Crippen molar-refractivity contribution >= 4 is 39.1 Å². The topological polar surface area (TPSA) is 66.5 Å². The van der Waals surface area contributed by atoms with Crippen molar-refractivity contribution in [1.29, 1.82) is 0 Å². The Morgan fingerprint density at radius 1 is 0.966 bits per heavy atom. The van der Waals surface area contributed by atoms with E-state index in [0.29, 0.717) is 11.4 Å². The van der Waals surface area contributed by atoms with Crippen LogP contribution in [0.25, 0.3) is 0 Å². The number of hydrogen-bond donors (Lipinski definition) is 1. The number of nitrogens with one attached hydrogen (secondary N) is 1. The van der Waals surface area contributed by atoms with Gasteiger partial charge in [-0.3, -0.25) is 9.10 Å². The number of carbonyl (C=O) groups excluding carboxylic acids is 1. The minimum atomic E-state index is -3.90. The number of carbonyl (C=O) groups is 1. The fraction of sp³-hybridized carbons (Fsp3) is 0.136. The molecule has 0 radical (unpaired) electrons. The van der Waals surface area contributed by atoms with Crippen LogP contribution in [0.2, 0.25) is 0 Å². The molecular weight excluding hydrogens is 404 g/mol. The summed E-state index contributed by atoms with van der Waals surface area (Å²) in [5.74, 6) is -0.414. The first kappa shape index (κ1) is 21.0. The highest BCUT2D eigenvalue weighted by atomic mass is 32.2. The molecule has 1 N–H and O–H groups in total. The number of anilines is 2. The molecule has 0 saturated heterocycles. The maximum atomic E-state index is 13.2. The number of thioether (sulfide) groups is 1. The smallest absolute Gasteiger partial charge is 0.264 e. The Hall–Kier alpha value is -2.77. The van der Waals surface area contributed by atoms with Gasteiger partial charge in [-0.05, 0) is 55.6 Å². The molecular formula is C22H22N2O3S2. The van der Waals surface area contributed by atoms with Crippen LogP contribution in [-0.2, 0) is 14.8 Å². The quantitative estimate of drug-likeness (QED) is 0.563. The van der Waals surface area contributed by atoms with Gasteiger partial charge in [-0.15, -0.1) is 11.8 Å². The minimum absolute atomic E-state index is 0.137. The predicted molar refractivity (Wildman–Crippen MR) is 119 cm³/mol. The Morgan fingerprint density at radius 2 is 1.66 bits per heavy atom. The largest absolute Gasteiger partial charge is 0.324 e. The summed E-state index contributed by atoms with van der Waals surface area (Å²) in [6, 6.07) is 22.6. The third-order valence-corrected chi connectivity index (χ3v) is 6.81. The van der Waals surface area contributed by atoms with Gasteiger partial charge in [0.05, 0.1) is 10.6 Å². The summed E-state index contributed by atoms with van der Waals surface area (Å²) < 4.78 is 27.6. The summed E-state index contributed by atoms with van der Waals surface area (Å²) in [4.78, 5) is 13.9. The molecule has 3 rings (SSSR count). The van der Waals surface area contributed by atoms with Crippen LogP contribution in [0.5, 0.6) is 0 Å². The van der Waals surface area contributed by atoms with Crippen molar-refractivity contribution in [3.05, 3.63) is 84.4 Å². The Kier molecular flexibility index (Phi) is 6.61. The van der Waals surface area contributed by atoms with Gasteiger partial charge in [0.2, 0.25) is 5.91 Å². The molecule has 0 fully saturated rings. The highest BCUT2D eigenvalue weighted by Gasteiger charge is 2.27. The van der Waals surface area contributed by atoms with Crippen molar-refractivity contribution < 1.29 is 13.2 Å². The summed E-state index contributed by atoms with van der Waals surface area (Å²) in [7, 11) is -3.90. The Bertz CT molecular complexity index is 1080. The fourth-order valence-electron chi connectivity index (χ4n) is 2.78. The molecule has 0 bridgehead atoms. The molecule has 0 aliphatic carbocycles. The second-order valence-electron chi connectivity index (χ2n) is 6.44. The SMILES string of the molecule is CSc1cccc(NC(=O)CN(c2ccc(C)cc2)S(=O)(=O)c2ccccc2)c1. The van der Waals surface area contributed by atoms with Crippen LogP contribution in [0.15, 0.2) is 88.7 Å². The molecule has 0 aliphatic heterocycles. The van der Waals surface area contributed by atoms with E-state index in [9.17, 15) is 13.2 Å². The summed E-state index contributed by atoms with van der Waals surface area (Å²) in [5.41, 5.74) is 2.07. The van der Waals surface area contributed by atoms with E-state index in [4.69, 9.17) is 0 Å². The van der Waals surface area contributed by atoms with Crippen molar-refractivity contribution in [2.75, 3.05) is 22.4 Å². The van der Waals surface area contributed by atoms with Gasteiger partial charge in [-0.1, -0.05) is 42.0 Å². The van der Waals surface area contributed by atoms with Crippen molar-refractivity contribution in [3.8, 4) is 0 Å². The minimum Gasteiger partial charge on any atom is -0.324 e. The first-order valence-electron chi connectivity index (χ1n) is 8.98. The lowest BCUT2D eigenvalue weighted by atomic mass is 10.2. The van der Waals surface area contributed by atoms with Gasteiger partial charge in [0.15, 0.2) is 0 Å². The van der Waals surface area contributed by atoms with Gasteiger partial charge in [-0.25, -0.2) is 8.42 Å². The number of amides is 1. The van der Waals surface area contributed by atoms with Gasteiger partial charge in [0.25, 0.3) is 10.0 Å². The zero-order chi connectivity index (χ0) is 20.9. The summed E-state index contributed by atoms with van der Waals surface area (Å²) in [6.45, 7) is 1.59. The number of sulfonamides is 1. The monoisotopic (exact) mass is 426 g/mol. The van der Waals surface area contributed by atoms with Crippen LogP contribution < -0.4 is 9.62 Å². The highest BCUT2D eigenvalue weighted by Crippen LogP contribution is 2.24. The van der Waals surface area contributed by atoms with Gasteiger partial charge in [-0.2, -0.15) is 0 Å². The van der Waals surface area contributed by atoms with Crippen LogP contribution >= 0.6 is 11.8 Å². The lowest BCUT2D eigenvalue weighted by molar-refractivity contribution is -0.114. The Morgan fingerprint density at radius 3 is 2.31 bits per heavy atom. The number of nitrogens with zero attached hydrogens (tertiary/aromatic N) is 1. The maximum absolute atomic E-state index is 13.2. The fourth-order valence-corrected chi connectivity index (χ4v) is 4.68. The third-order valence-electron chi connectivity index (χ3n) is 4.29. The van der Waals surface area contributed by atoms with E-state index in [1.54, 1.807) is 48.2 Å². The predicted octanol–water partition coefficient (Wildman–Crippen LogP) is 4.55. The van der Waals surface area contributed by atoms with Gasteiger partial charge < -0.3 is 5.32 Å². The van der Waals surface area contributed by atoms with E-state index in [2.05, 4.69) is 5.32 Å². The van der Waals surface area contributed by atoms with Gasteiger partial charge in [0.1, 0.15) is 6.54 Å². The normalized spacial score (nSPS) is 11.1. The molecule has 0 heterocycles. The average molecular weight is 427 g/mol. The molecule has 1 amide bonds. The van der Waals surface area contributed by atoms with E-state index in [1.165, 1.54) is 12.1 Å². The second-order valence-corrected chi connectivity index (χ2v) is 9.18. The molecule has 0 aromatic heterocycles. The van der Waals surface area contributed by atoms with Crippen LogP contribution in [0, 0.1) is 6.92 Å². The molecule has 150 valence electrons. The maximum Gasteiger partial charge on any atom is 0.264 e. The lowest BCUT2D eigenvalue weighted by Gasteiger charge is -2.24. The van der Waals surface area contributed by atoms with Crippen LogP contribution in [0.4, 0.5) is 11.4 Å². The molecule has 0 atom stereocenters.